The maximum absolute atomic E-state index is 13.1. The van der Waals surface area contributed by atoms with Gasteiger partial charge in [-0.2, -0.15) is 17.0 Å². The number of ether oxygens (including phenoxy) is 1. The van der Waals surface area contributed by atoms with Gasteiger partial charge in [-0.15, -0.1) is 0 Å². The molecule has 168 valence electrons. The number of hydrogen-bond acceptors (Lipinski definition) is 5. The molecule has 3 atom stereocenters. The van der Waals surface area contributed by atoms with Crippen LogP contribution in [0, 0.1) is 17.8 Å². The van der Waals surface area contributed by atoms with Crippen LogP contribution in [-0.4, -0.2) is 93.4 Å². The number of morpholine rings is 1. The normalized spacial score (nSPS) is 30.9. The summed E-state index contributed by atoms with van der Waals surface area (Å²) in [7, 11) is -3.49. The highest BCUT2D eigenvalue weighted by Gasteiger charge is 2.38. The molecular weight excluding hydrogens is 392 g/mol. The van der Waals surface area contributed by atoms with Crippen molar-refractivity contribution < 1.29 is 17.9 Å². The first-order chi connectivity index (χ1) is 13.9. The predicted molar refractivity (Wildman–Crippen MR) is 113 cm³/mol. The van der Waals surface area contributed by atoms with Gasteiger partial charge in [0.25, 0.3) is 10.2 Å². The minimum atomic E-state index is -3.49. The molecular formula is C20H38N4O4S. The monoisotopic (exact) mass is 430 g/mol. The van der Waals surface area contributed by atoms with Gasteiger partial charge >= 0.3 is 0 Å². The fourth-order valence-corrected chi connectivity index (χ4v) is 6.75. The second-order valence-corrected chi connectivity index (χ2v) is 11.0. The molecule has 29 heavy (non-hydrogen) atoms. The van der Waals surface area contributed by atoms with Crippen molar-refractivity contribution in [3.63, 3.8) is 0 Å². The van der Waals surface area contributed by atoms with E-state index in [9.17, 15) is 13.2 Å². The second kappa shape index (κ2) is 10.5. The van der Waals surface area contributed by atoms with Gasteiger partial charge in [-0.3, -0.25) is 9.69 Å². The van der Waals surface area contributed by atoms with Gasteiger partial charge in [0.05, 0.1) is 19.1 Å². The Labute approximate surface area is 176 Å². The molecule has 3 aliphatic rings. The summed E-state index contributed by atoms with van der Waals surface area (Å²) >= 11 is 0. The highest BCUT2D eigenvalue weighted by atomic mass is 32.2. The number of nitrogens with one attached hydrogen (secondary N) is 1. The van der Waals surface area contributed by atoms with Gasteiger partial charge in [0, 0.05) is 45.8 Å². The highest BCUT2D eigenvalue weighted by Crippen LogP contribution is 2.27. The molecule has 1 N–H and O–H groups in total. The molecule has 8 nitrogen and oxygen atoms in total. The Hall–Kier alpha value is -0.740. The van der Waals surface area contributed by atoms with Crippen molar-refractivity contribution in [2.45, 2.75) is 39.5 Å². The topological polar surface area (TPSA) is 82.2 Å². The first-order valence-corrected chi connectivity index (χ1v) is 12.6. The van der Waals surface area contributed by atoms with Crippen molar-refractivity contribution in [1.82, 2.24) is 18.8 Å². The summed E-state index contributed by atoms with van der Waals surface area (Å²) in [5.41, 5.74) is 0. The zero-order valence-electron chi connectivity index (χ0n) is 18.0. The van der Waals surface area contributed by atoms with Crippen molar-refractivity contribution in [3.05, 3.63) is 0 Å². The van der Waals surface area contributed by atoms with Crippen LogP contribution in [0.5, 0.6) is 0 Å². The zero-order chi connectivity index (χ0) is 20.9. The molecule has 3 fully saturated rings. The molecule has 0 unspecified atom stereocenters. The minimum absolute atomic E-state index is 0.00717. The highest BCUT2D eigenvalue weighted by molar-refractivity contribution is 7.86. The summed E-state index contributed by atoms with van der Waals surface area (Å²) in [6.07, 6.45) is 3.48. The Bertz CT molecular complexity index is 628. The van der Waals surface area contributed by atoms with Crippen molar-refractivity contribution >= 4 is 16.1 Å². The lowest BCUT2D eigenvalue weighted by Crippen LogP contribution is -2.53. The van der Waals surface area contributed by atoms with E-state index in [0.29, 0.717) is 44.6 Å². The van der Waals surface area contributed by atoms with Crippen molar-refractivity contribution in [2.24, 2.45) is 17.8 Å². The molecule has 0 spiro atoms. The van der Waals surface area contributed by atoms with Crippen LogP contribution < -0.4 is 5.32 Å². The third-order valence-electron chi connectivity index (χ3n) is 6.30. The van der Waals surface area contributed by atoms with Gasteiger partial charge in [0.1, 0.15) is 0 Å². The fraction of sp³-hybridized carbons (Fsp3) is 0.950. The largest absolute Gasteiger partial charge is 0.379 e. The molecule has 0 saturated carbocycles. The number of carbonyl (C=O) groups is 1. The third-order valence-corrected chi connectivity index (χ3v) is 8.23. The molecule has 0 radical (unpaired) electrons. The van der Waals surface area contributed by atoms with Crippen molar-refractivity contribution in [2.75, 3.05) is 65.6 Å². The standard InChI is InChI=1S/C20H38N4O4S/c1-17-13-18(2)15-24(14-17)29(26,27)23-8-3-5-19(16-23)20(25)21-6-4-7-22-9-11-28-12-10-22/h17-19H,3-16H2,1-2H3,(H,21,25)/t17-,18-,19+/m1/s1. The molecule has 0 aromatic carbocycles. The molecule has 3 rings (SSSR count). The summed E-state index contributed by atoms with van der Waals surface area (Å²) in [5.74, 6) is 0.501. The van der Waals surface area contributed by atoms with Gasteiger partial charge in [-0.05, 0) is 44.1 Å². The predicted octanol–water partition coefficient (Wildman–Crippen LogP) is 0.760. The Balaban J connectivity index is 1.45. The van der Waals surface area contributed by atoms with Gasteiger partial charge < -0.3 is 10.1 Å². The van der Waals surface area contributed by atoms with Crippen LogP contribution in [0.25, 0.3) is 0 Å². The molecule has 3 heterocycles. The maximum atomic E-state index is 13.1. The number of piperidine rings is 2. The summed E-state index contributed by atoms with van der Waals surface area (Å²) in [4.78, 5) is 15.0. The number of carbonyl (C=O) groups excluding carboxylic acids is 1. The van der Waals surface area contributed by atoms with E-state index < -0.39 is 10.2 Å². The lowest BCUT2D eigenvalue weighted by Gasteiger charge is -2.39. The smallest absolute Gasteiger partial charge is 0.282 e. The molecule has 0 aromatic rings. The van der Waals surface area contributed by atoms with E-state index >= 15 is 0 Å². The molecule has 0 bridgehead atoms. The Morgan fingerprint density at radius 2 is 1.72 bits per heavy atom. The van der Waals surface area contributed by atoms with Crippen LogP contribution in [0.1, 0.15) is 39.5 Å². The lowest BCUT2D eigenvalue weighted by atomic mass is 9.94. The third kappa shape index (κ3) is 6.37. The average molecular weight is 431 g/mol. The quantitative estimate of drug-likeness (QED) is 0.603. The van der Waals surface area contributed by atoms with Crippen LogP contribution in [-0.2, 0) is 19.7 Å². The molecule has 1 amide bonds. The molecule has 0 aromatic heterocycles. The minimum Gasteiger partial charge on any atom is -0.379 e. The van der Waals surface area contributed by atoms with Crippen LogP contribution >= 0.6 is 0 Å². The van der Waals surface area contributed by atoms with Gasteiger partial charge in [0.15, 0.2) is 0 Å². The molecule has 0 aliphatic carbocycles. The van der Waals surface area contributed by atoms with Crippen LogP contribution in [0.15, 0.2) is 0 Å². The first kappa shape index (κ1) is 22.9. The summed E-state index contributed by atoms with van der Waals surface area (Å²) < 4.78 is 34.8. The molecule has 3 saturated heterocycles. The van der Waals surface area contributed by atoms with E-state index in [-0.39, 0.29) is 11.8 Å². The van der Waals surface area contributed by atoms with Crippen LogP contribution in [0.4, 0.5) is 0 Å². The fourth-order valence-electron chi connectivity index (χ4n) is 4.81. The maximum Gasteiger partial charge on any atom is 0.282 e. The van der Waals surface area contributed by atoms with Crippen LogP contribution in [0.2, 0.25) is 0 Å². The molecule has 3 aliphatic heterocycles. The van der Waals surface area contributed by atoms with Gasteiger partial charge in [-0.25, -0.2) is 0 Å². The Morgan fingerprint density at radius 3 is 2.41 bits per heavy atom. The Morgan fingerprint density at radius 1 is 1.03 bits per heavy atom. The van der Waals surface area contributed by atoms with E-state index in [1.54, 1.807) is 8.61 Å². The van der Waals surface area contributed by atoms with Gasteiger partial charge in [0.2, 0.25) is 5.91 Å². The van der Waals surface area contributed by atoms with E-state index in [1.807, 2.05) is 0 Å². The number of nitrogens with zero attached hydrogens (tertiary/aromatic N) is 3. The van der Waals surface area contributed by atoms with Crippen LogP contribution in [0.3, 0.4) is 0 Å². The first-order valence-electron chi connectivity index (χ1n) is 11.2. The lowest BCUT2D eigenvalue weighted by molar-refractivity contribution is -0.126. The number of amides is 1. The summed E-state index contributed by atoms with van der Waals surface area (Å²) in [6.45, 7) is 11.3. The second-order valence-electron chi connectivity index (χ2n) is 9.07. The van der Waals surface area contributed by atoms with Gasteiger partial charge in [-0.1, -0.05) is 13.8 Å². The van der Waals surface area contributed by atoms with Crippen molar-refractivity contribution in [1.29, 1.82) is 0 Å². The average Bonchev–Trinajstić information content (AvgIpc) is 2.71. The summed E-state index contributed by atoms with van der Waals surface area (Å²) in [5, 5.41) is 3.03. The number of rotatable bonds is 7. The molecule has 9 heteroatoms. The Kier molecular flexibility index (Phi) is 8.32. The number of hydrogen-bond donors (Lipinski definition) is 1. The zero-order valence-corrected chi connectivity index (χ0v) is 18.8. The van der Waals surface area contributed by atoms with E-state index in [1.165, 1.54) is 0 Å². The summed E-state index contributed by atoms with van der Waals surface area (Å²) in [6, 6.07) is 0. The SMILES string of the molecule is C[C@@H]1C[C@@H](C)CN(S(=O)(=O)N2CCC[C@H](C(=O)NCCCN3CCOCC3)C2)C1. The van der Waals surface area contributed by atoms with Crippen molar-refractivity contribution in [3.8, 4) is 0 Å². The van der Waals surface area contributed by atoms with E-state index in [0.717, 1.165) is 58.5 Å². The van der Waals surface area contributed by atoms with E-state index in [4.69, 9.17) is 4.74 Å². The van der Waals surface area contributed by atoms with E-state index in [2.05, 4.69) is 24.1 Å².